The van der Waals surface area contributed by atoms with Crippen molar-refractivity contribution in [1.82, 2.24) is 4.90 Å². The Bertz CT molecular complexity index is 1250. The molecule has 5 nitrogen and oxygen atoms in total. The molecular formula is C30H31BrClNO4. The maximum atomic E-state index is 13.4. The summed E-state index contributed by atoms with van der Waals surface area (Å²) in [5.41, 5.74) is 5.62. The summed E-state index contributed by atoms with van der Waals surface area (Å²) < 4.78 is 13.0. The molecular weight excluding hydrogens is 554 g/mol. The lowest BCUT2D eigenvalue weighted by Gasteiger charge is -2.43. The third-order valence-electron chi connectivity index (χ3n) is 7.36. The smallest absolute Gasteiger partial charge is 0.175 e. The quantitative estimate of drug-likeness (QED) is 0.337. The van der Waals surface area contributed by atoms with Crippen molar-refractivity contribution in [2.75, 3.05) is 13.2 Å². The molecule has 2 aromatic carbocycles. The highest BCUT2D eigenvalue weighted by atomic mass is 79.9. The number of benzene rings is 2. The normalized spacial score (nSPS) is 18.2. The van der Waals surface area contributed by atoms with Gasteiger partial charge in [-0.2, -0.15) is 0 Å². The first-order valence-corrected chi connectivity index (χ1v) is 14.2. The van der Waals surface area contributed by atoms with E-state index in [1.807, 2.05) is 43.3 Å². The predicted octanol–water partition coefficient (Wildman–Crippen LogP) is 7.51. The van der Waals surface area contributed by atoms with Crippen LogP contribution in [0.3, 0.4) is 0 Å². The van der Waals surface area contributed by atoms with E-state index in [1.54, 1.807) is 0 Å². The molecule has 1 aliphatic heterocycles. The maximum Gasteiger partial charge on any atom is 0.175 e. The van der Waals surface area contributed by atoms with Gasteiger partial charge >= 0.3 is 0 Å². The van der Waals surface area contributed by atoms with Crippen molar-refractivity contribution in [2.45, 2.75) is 64.9 Å². The van der Waals surface area contributed by atoms with Gasteiger partial charge in [0.1, 0.15) is 6.61 Å². The highest BCUT2D eigenvalue weighted by Crippen LogP contribution is 2.51. The van der Waals surface area contributed by atoms with Crippen molar-refractivity contribution in [3.63, 3.8) is 0 Å². The molecule has 0 N–H and O–H groups in total. The standard InChI is InChI=1S/C30H31BrClNO4/c1-3-33-22-7-5-9-24(34)28(22)27(29-23(33)8-6-10-25(29)35)19-15-21(31)30(26(16-19)36-4-2)37-17-18-11-13-20(32)14-12-18/h11-16,27H,3-10,17H2,1-2H3. The average molecular weight is 585 g/mol. The van der Waals surface area contributed by atoms with E-state index in [0.29, 0.717) is 42.6 Å². The molecule has 0 bridgehead atoms. The van der Waals surface area contributed by atoms with Crippen LogP contribution in [0.15, 0.2) is 63.4 Å². The van der Waals surface area contributed by atoms with Gasteiger partial charge in [-0.15, -0.1) is 0 Å². The van der Waals surface area contributed by atoms with Crippen molar-refractivity contribution in [1.29, 1.82) is 0 Å². The van der Waals surface area contributed by atoms with Gasteiger partial charge in [-0.1, -0.05) is 23.7 Å². The molecule has 3 aliphatic rings. The van der Waals surface area contributed by atoms with E-state index in [-0.39, 0.29) is 17.5 Å². The molecule has 194 valence electrons. The van der Waals surface area contributed by atoms with Crippen LogP contribution in [0.1, 0.15) is 69.4 Å². The third kappa shape index (κ3) is 4.98. The highest BCUT2D eigenvalue weighted by molar-refractivity contribution is 9.10. The first kappa shape index (κ1) is 26.1. The molecule has 0 saturated heterocycles. The van der Waals surface area contributed by atoms with Crippen molar-refractivity contribution in [3.05, 3.63) is 79.6 Å². The topological polar surface area (TPSA) is 55.8 Å². The molecule has 1 heterocycles. The maximum absolute atomic E-state index is 13.4. The van der Waals surface area contributed by atoms with Crippen LogP contribution < -0.4 is 9.47 Å². The molecule has 0 unspecified atom stereocenters. The monoisotopic (exact) mass is 583 g/mol. The summed E-state index contributed by atoms with van der Waals surface area (Å²) in [5, 5.41) is 0.676. The zero-order chi connectivity index (χ0) is 26.1. The minimum atomic E-state index is -0.380. The number of rotatable bonds is 7. The van der Waals surface area contributed by atoms with Crippen LogP contribution in [0, 0.1) is 0 Å². The van der Waals surface area contributed by atoms with Gasteiger partial charge in [-0.25, -0.2) is 0 Å². The molecule has 2 aliphatic carbocycles. The minimum absolute atomic E-state index is 0.145. The fourth-order valence-corrected chi connectivity index (χ4v) is 6.53. The van der Waals surface area contributed by atoms with E-state index in [1.165, 1.54) is 0 Å². The number of ether oxygens (including phenoxy) is 2. The number of allylic oxidation sites excluding steroid dienone is 4. The van der Waals surface area contributed by atoms with Crippen LogP contribution in [0.25, 0.3) is 0 Å². The second-order valence-corrected chi connectivity index (χ2v) is 10.9. The Balaban J connectivity index is 1.60. The lowest BCUT2D eigenvalue weighted by atomic mass is 9.71. The molecule has 0 atom stereocenters. The van der Waals surface area contributed by atoms with Gasteiger partial charge in [0.25, 0.3) is 0 Å². The van der Waals surface area contributed by atoms with Crippen molar-refractivity contribution in [2.24, 2.45) is 0 Å². The fourth-order valence-electron chi connectivity index (χ4n) is 5.83. The van der Waals surface area contributed by atoms with E-state index in [4.69, 9.17) is 21.1 Å². The largest absolute Gasteiger partial charge is 0.490 e. The Hall–Kier alpha value is -2.57. The Labute approximate surface area is 231 Å². The average Bonchev–Trinajstić information content (AvgIpc) is 2.88. The summed E-state index contributed by atoms with van der Waals surface area (Å²) in [7, 11) is 0. The molecule has 2 aromatic rings. The molecule has 0 spiro atoms. The summed E-state index contributed by atoms with van der Waals surface area (Å²) in [5.74, 6) is 1.10. The van der Waals surface area contributed by atoms with Crippen molar-refractivity contribution < 1.29 is 19.1 Å². The zero-order valence-electron chi connectivity index (χ0n) is 21.2. The number of carbonyl (C=O) groups is 2. The Kier molecular flexibility index (Phi) is 7.77. The lowest BCUT2D eigenvalue weighted by Crippen LogP contribution is -2.39. The predicted molar refractivity (Wildman–Crippen MR) is 148 cm³/mol. The van der Waals surface area contributed by atoms with E-state index in [0.717, 1.165) is 70.4 Å². The zero-order valence-corrected chi connectivity index (χ0v) is 23.6. The van der Waals surface area contributed by atoms with Crippen LogP contribution in [0.4, 0.5) is 0 Å². The molecule has 0 fully saturated rings. The van der Waals surface area contributed by atoms with E-state index >= 15 is 0 Å². The number of hydrogen-bond acceptors (Lipinski definition) is 5. The second kappa shape index (κ2) is 11.0. The number of halogens is 2. The molecule has 0 saturated carbocycles. The number of carbonyl (C=O) groups excluding carboxylic acids is 2. The fraction of sp³-hybridized carbons (Fsp3) is 0.400. The number of ketones is 2. The summed E-state index contributed by atoms with van der Waals surface area (Å²) in [6.45, 7) is 5.60. The van der Waals surface area contributed by atoms with Crippen LogP contribution in [0.2, 0.25) is 5.02 Å². The van der Waals surface area contributed by atoms with Crippen LogP contribution in [0.5, 0.6) is 11.5 Å². The van der Waals surface area contributed by atoms with Gasteiger partial charge < -0.3 is 14.4 Å². The molecule has 5 rings (SSSR count). The Morgan fingerprint density at radius 2 is 1.54 bits per heavy atom. The molecule has 0 aromatic heterocycles. The van der Waals surface area contributed by atoms with Gasteiger partial charge in [0.2, 0.25) is 0 Å². The van der Waals surface area contributed by atoms with Gasteiger partial charge in [-0.05, 0) is 90.9 Å². The summed E-state index contributed by atoms with van der Waals surface area (Å²) in [6, 6.07) is 11.5. The van der Waals surface area contributed by atoms with Gasteiger partial charge in [0.15, 0.2) is 23.1 Å². The number of hydrogen-bond donors (Lipinski definition) is 0. The van der Waals surface area contributed by atoms with E-state index in [2.05, 4.69) is 27.8 Å². The summed E-state index contributed by atoms with van der Waals surface area (Å²) in [4.78, 5) is 29.1. The molecule has 37 heavy (non-hydrogen) atoms. The molecule has 7 heteroatoms. The van der Waals surface area contributed by atoms with Crippen molar-refractivity contribution in [3.8, 4) is 11.5 Å². The third-order valence-corrected chi connectivity index (χ3v) is 8.21. The SMILES string of the molecule is CCOc1cc(C2C3=C(CCCC3=O)N(CC)C3=C2C(=O)CCC3)cc(Br)c1OCc1ccc(Cl)cc1. The minimum Gasteiger partial charge on any atom is -0.490 e. The van der Waals surface area contributed by atoms with E-state index in [9.17, 15) is 9.59 Å². The van der Waals surface area contributed by atoms with Crippen LogP contribution in [-0.2, 0) is 16.2 Å². The molecule has 0 amide bonds. The first-order valence-electron chi connectivity index (χ1n) is 13.1. The molecule has 0 radical (unpaired) electrons. The summed E-state index contributed by atoms with van der Waals surface area (Å²) in [6.07, 6.45) is 4.46. The van der Waals surface area contributed by atoms with Gasteiger partial charge in [0, 0.05) is 52.9 Å². The first-order chi connectivity index (χ1) is 17.9. The number of nitrogens with zero attached hydrogens (tertiary/aromatic N) is 1. The van der Waals surface area contributed by atoms with E-state index < -0.39 is 0 Å². The van der Waals surface area contributed by atoms with Gasteiger partial charge in [-0.3, -0.25) is 9.59 Å². The highest BCUT2D eigenvalue weighted by Gasteiger charge is 2.43. The summed E-state index contributed by atoms with van der Waals surface area (Å²) >= 11 is 9.73. The van der Waals surface area contributed by atoms with Gasteiger partial charge in [0.05, 0.1) is 11.1 Å². The van der Waals surface area contributed by atoms with Crippen molar-refractivity contribution >= 4 is 39.1 Å². The van der Waals surface area contributed by atoms with Crippen LogP contribution >= 0.6 is 27.5 Å². The Morgan fingerprint density at radius 3 is 2.11 bits per heavy atom. The lowest BCUT2D eigenvalue weighted by molar-refractivity contribution is -0.117. The Morgan fingerprint density at radius 1 is 0.919 bits per heavy atom. The van der Waals surface area contributed by atoms with Crippen LogP contribution in [-0.4, -0.2) is 29.6 Å². The number of Topliss-reactive ketones (excluding diaryl/α,β-unsaturated/α-hetero) is 2. The second-order valence-electron chi connectivity index (χ2n) is 9.63.